The van der Waals surface area contributed by atoms with Gasteiger partial charge in [-0.3, -0.25) is 0 Å². The van der Waals surface area contributed by atoms with Crippen molar-refractivity contribution in [2.24, 2.45) is 0 Å². The van der Waals surface area contributed by atoms with E-state index in [4.69, 9.17) is 11.2 Å². The maximum absolute atomic E-state index is 12.5. The molecule has 120 valence electrons. The molecule has 4 nitrogen and oxygen atoms in total. The van der Waals surface area contributed by atoms with Crippen molar-refractivity contribution in [3.8, 4) is 18.1 Å². The molecular formula is C18H19NO3S. The minimum absolute atomic E-state index is 0.221. The monoisotopic (exact) mass is 329 g/mol. The second kappa shape index (κ2) is 7.32. The van der Waals surface area contributed by atoms with E-state index in [1.807, 2.05) is 6.92 Å². The van der Waals surface area contributed by atoms with Crippen molar-refractivity contribution in [3.05, 3.63) is 59.7 Å². The van der Waals surface area contributed by atoms with Crippen molar-refractivity contribution in [2.75, 3.05) is 7.11 Å². The van der Waals surface area contributed by atoms with Crippen LogP contribution in [-0.4, -0.2) is 15.5 Å². The van der Waals surface area contributed by atoms with E-state index in [0.717, 1.165) is 11.1 Å². The highest BCUT2D eigenvalue weighted by molar-refractivity contribution is 7.89. The molecule has 0 bridgehead atoms. The smallest absolute Gasteiger partial charge is 0.241 e. The summed E-state index contributed by atoms with van der Waals surface area (Å²) in [7, 11) is -2.06. The Morgan fingerprint density at radius 2 is 1.74 bits per heavy atom. The number of hydrogen-bond acceptors (Lipinski definition) is 3. The molecule has 1 atom stereocenters. The molecule has 0 aliphatic carbocycles. The molecule has 0 unspecified atom stereocenters. The van der Waals surface area contributed by atoms with Gasteiger partial charge in [-0.05, 0) is 36.8 Å². The standard InChI is InChI=1S/C18H19NO3S/c1-4-5-18(15-8-10-16(22-3)11-9-15)19-23(20,21)17-12-6-14(2)7-13-17/h1,6-13,18-19H,5H2,2-3H3/t18-/m1/s1. The average Bonchev–Trinajstić information content (AvgIpc) is 2.55. The van der Waals surface area contributed by atoms with Gasteiger partial charge in [0.1, 0.15) is 5.75 Å². The van der Waals surface area contributed by atoms with E-state index >= 15 is 0 Å². The molecule has 0 aliphatic rings. The number of ether oxygens (including phenoxy) is 1. The molecule has 0 aromatic heterocycles. The summed E-state index contributed by atoms with van der Waals surface area (Å²) in [4.78, 5) is 0.221. The van der Waals surface area contributed by atoms with Gasteiger partial charge in [0.15, 0.2) is 0 Å². The number of nitrogens with one attached hydrogen (secondary N) is 1. The Morgan fingerprint density at radius 1 is 1.13 bits per heavy atom. The Bertz CT molecular complexity index is 788. The van der Waals surface area contributed by atoms with Gasteiger partial charge in [-0.15, -0.1) is 12.3 Å². The Hall–Kier alpha value is -2.29. The summed E-state index contributed by atoms with van der Waals surface area (Å²) in [5, 5.41) is 0. The molecule has 0 saturated heterocycles. The summed E-state index contributed by atoms with van der Waals surface area (Å²) < 4.78 is 32.8. The van der Waals surface area contributed by atoms with Gasteiger partial charge in [0.2, 0.25) is 10.0 Å². The van der Waals surface area contributed by atoms with Crippen molar-refractivity contribution in [2.45, 2.75) is 24.3 Å². The minimum atomic E-state index is -3.64. The van der Waals surface area contributed by atoms with Gasteiger partial charge in [0.25, 0.3) is 0 Å². The zero-order valence-electron chi connectivity index (χ0n) is 13.1. The molecule has 2 rings (SSSR count). The highest BCUT2D eigenvalue weighted by Gasteiger charge is 2.20. The molecule has 2 aromatic rings. The molecule has 0 amide bonds. The van der Waals surface area contributed by atoms with Crippen LogP contribution in [0.15, 0.2) is 53.4 Å². The van der Waals surface area contributed by atoms with Gasteiger partial charge >= 0.3 is 0 Å². The van der Waals surface area contributed by atoms with E-state index < -0.39 is 16.1 Å². The maximum Gasteiger partial charge on any atom is 0.241 e. The number of methoxy groups -OCH3 is 1. The van der Waals surface area contributed by atoms with Crippen LogP contribution in [0.1, 0.15) is 23.6 Å². The predicted octanol–water partition coefficient (Wildman–Crippen LogP) is 3.05. The first-order valence-corrected chi connectivity index (χ1v) is 8.61. The fourth-order valence-corrected chi connectivity index (χ4v) is 3.38. The van der Waals surface area contributed by atoms with E-state index in [2.05, 4.69) is 10.6 Å². The lowest BCUT2D eigenvalue weighted by atomic mass is 10.1. The minimum Gasteiger partial charge on any atom is -0.497 e. The molecule has 1 N–H and O–H groups in total. The Labute approximate surface area is 137 Å². The number of rotatable bonds is 6. The second-order valence-electron chi connectivity index (χ2n) is 5.17. The normalized spacial score (nSPS) is 12.4. The first-order valence-electron chi connectivity index (χ1n) is 7.12. The lowest BCUT2D eigenvalue weighted by molar-refractivity contribution is 0.414. The average molecular weight is 329 g/mol. The van der Waals surface area contributed by atoms with Gasteiger partial charge in [-0.1, -0.05) is 29.8 Å². The molecular weight excluding hydrogens is 310 g/mol. The van der Waals surface area contributed by atoms with Crippen molar-refractivity contribution < 1.29 is 13.2 Å². The molecule has 0 fully saturated rings. The fraction of sp³-hybridized carbons (Fsp3) is 0.222. The molecule has 0 saturated carbocycles. The number of benzene rings is 2. The summed E-state index contributed by atoms with van der Waals surface area (Å²) in [6, 6.07) is 13.4. The molecule has 2 aromatic carbocycles. The molecule has 0 heterocycles. The Kier molecular flexibility index (Phi) is 5.43. The zero-order valence-corrected chi connectivity index (χ0v) is 13.9. The largest absolute Gasteiger partial charge is 0.497 e. The number of aryl methyl sites for hydroxylation is 1. The van der Waals surface area contributed by atoms with Crippen LogP contribution in [0, 0.1) is 19.3 Å². The number of sulfonamides is 1. The van der Waals surface area contributed by atoms with Gasteiger partial charge in [0.05, 0.1) is 18.0 Å². The van der Waals surface area contributed by atoms with Crippen LogP contribution >= 0.6 is 0 Å². The van der Waals surface area contributed by atoms with Crippen LogP contribution in [0.3, 0.4) is 0 Å². The van der Waals surface area contributed by atoms with Crippen molar-refractivity contribution in [3.63, 3.8) is 0 Å². The molecule has 23 heavy (non-hydrogen) atoms. The van der Waals surface area contributed by atoms with E-state index in [1.165, 1.54) is 0 Å². The lowest BCUT2D eigenvalue weighted by Gasteiger charge is -2.17. The SMILES string of the molecule is C#CC[C@@H](NS(=O)(=O)c1ccc(C)cc1)c1ccc(OC)cc1. The van der Waals surface area contributed by atoms with Crippen LogP contribution < -0.4 is 9.46 Å². The lowest BCUT2D eigenvalue weighted by Crippen LogP contribution is -2.28. The third-order valence-corrected chi connectivity index (χ3v) is 4.96. The molecule has 0 radical (unpaired) electrons. The molecule has 5 heteroatoms. The summed E-state index contributed by atoms with van der Waals surface area (Å²) in [6.07, 6.45) is 5.65. The van der Waals surface area contributed by atoms with Crippen LogP contribution in [-0.2, 0) is 10.0 Å². The summed E-state index contributed by atoms with van der Waals surface area (Å²) >= 11 is 0. The molecule has 0 spiro atoms. The highest BCUT2D eigenvalue weighted by atomic mass is 32.2. The van der Waals surface area contributed by atoms with Gasteiger partial charge in [0, 0.05) is 6.42 Å². The molecule has 0 aliphatic heterocycles. The van der Waals surface area contributed by atoms with Crippen LogP contribution in [0.4, 0.5) is 0 Å². The first kappa shape index (κ1) is 17.1. The van der Waals surface area contributed by atoms with Crippen LogP contribution in [0.5, 0.6) is 5.75 Å². The van der Waals surface area contributed by atoms with Crippen LogP contribution in [0.2, 0.25) is 0 Å². The van der Waals surface area contributed by atoms with Gasteiger partial charge < -0.3 is 4.74 Å². The number of terminal acetylenes is 1. The van der Waals surface area contributed by atoms with E-state index in [9.17, 15) is 8.42 Å². The van der Waals surface area contributed by atoms with E-state index in [0.29, 0.717) is 5.75 Å². The van der Waals surface area contributed by atoms with E-state index in [1.54, 1.807) is 55.6 Å². The van der Waals surface area contributed by atoms with Crippen LogP contribution in [0.25, 0.3) is 0 Å². The van der Waals surface area contributed by atoms with Crippen molar-refractivity contribution in [1.29, 1.82) is 0 Å². The van der Waals surface area contributed by atoms with Crippen molar-refractivity contribution >= 4 is 10.0 Å². The summed E-state index contributed by atoms with van der Waals surface area (Å²) in [5.74, 6) is 3.22. The van der Waals surface area contributed by atoms with Gasteiger partial charge in [-0.25, -0.2) is 13.1 Å². The second-order valence-corrected chi connectivity index (χ2v) is 6.88. The highest BCUT2D eigenvalue weighted by Crippen LogP contribution is 2.22. The fourth-order valence-electron chi connectivity index (χ4n) is 2.15. The Morgan fingerprint density at radius 3 is 2.26 bits per heavy atom. The zero-order chi connectivity index (χ0) is 16.9. The first-order chi connectivity index (χ1) is 11.0. The predicted molar refractivity (Wildman–Crippen MR) is 90.7 cm³/mol. The quantitative estimate of drug-likeness (QED) is 0.829. The van der Waals surface area contributed by atoms with E-state index in [-0.39, 0.29) is 11.3 Å². The third kappa shape index (κ3) is 4.35. The summed E-state index contributed by atoms with van der Waals surface area (Å²) in [5.41, 5.74) is 1.79. The topological polar surface area (TPSA) is 55.4 Å². The number of hydrogen-bond donors (Lipinski definition) is 1. The third-order valence-electron chi connectivity index (χ3n) is 3.47. The maximum atomic E-state index is 12.5. The van der Waals surface area contributed by atoms with Gasteiger partial charge in [-0.2, -0.15) is 0 Å². The van der Waals surface area contributed by atoms with Crippen molar-refractivity contribution in [1.82, 2.24) is 4.72 Å². The summed E-state index contributed by atoms with van der Waals surface area (Å²) in [6.45, 7) is 1.91. The Balaban J connectivity index is 2.27.